The molecule has 3 aromatic rings. The Morgan fingerprint density at radius 1 is 1.03 bits per heavy atom. The van der Waals surface area contributed by atoms with Gasteiger partial charge in [-0.2, -0.15) is 0 Å². The number of hydrogen-bond acceptors (Lipinski definition) is 7. The molecule has 0 aliphatic carbocycles. The molecule has 1 amide bonds. The first-order chi connectivity index (χ1) is 16.2. The van der Waals surface area contributed by atoms with E-state index in [4.69, 9.17) is 5.11 Å². The van der Waals surface area contributed by atoms with Crippen molar-refractivity contribution in [3.8, 4) is 11.3 Å². The number of piperazine rings is 1. The molecule has 3 N–H and O–H groups in total. The van der Waals surface area contributed by atoms with Crippen LogP contribution in [0.1, 0.15) is 23.2 Å². The molecule has 4 rings (SSSR count). The van der Waals surface area contributed by atoms with Crippen molar-refractivity contribution in [3.63, 3.8) is 0 Å². The molecule has 9 heteroatoms. The zero-order valence-electron chi connectivity index (χ0n) is 18.9. The monoisotopic (exact) mass is 499 g/mol. The lowest BCUT2D eigenvalue weighted by Crippen LogP contribution is -2.46. The molecule has 0 radical (unpaired) electrons. The molecule has 1 aliphatic heterocycles. The minimum atomic E-state index is 0. The number of nitrogens with zero attached hydrogens (tertiary/aromatic N) is 3. The highest BCUT2D eigenvalue weighted by Crippen LogP contribution is 2.25. The van der Waals surface area contributed by atoms with Gasteiger partial charge in [0.1, 0.15) is 0 Å². The van der Waals surface area contributed by atoms with Gasteiger partial charge in [0, 0.05) is 60.7 Å². The Bertz CT molecular complexity index is 1040. The molecule has 2 heterocycles. The standard InChI is InChI=1S/C25H29N5O2S.ClH/c31-17-1-2-18-33-22-9-5-19(6-10-22)23-11-12-27-25(29-23)28-21-7-3-20(4-8-21)24(32)30-15-13-26-14-16-30;/h3-12,26,31H,1-2,13-18H2,(H,27,28,29);1H. The zero-order chi connectivity index (χ0) is 22.9. The molecular weight excluding hydrogens is 470 g/mol. The molecule has 0 bridgehead atoms. The van der Waals surface area contributed by atoms with E-state index in [1.165, 1.54) is 4.90 Å². The largest absolute Gasteiger partial charge is 0.396 e. The summed E-state index contributed by atoms with van der Waals surface area (Å²) in [5.41, 5.74) is 3.39. The molecule has 1 aromatic heterocycles. The summed E-state index contributed by atoms with van der Waals surface area (Å²) in [5.74, 6) is 1.58. The number of benzene rings is 2. The lowest BCUT2D eigenvalue weighted by molar-refractivity contribution is 0.0736. The topological polar surface area (TPSA) is 90.4 Å². The van der Waals surface area contributed by atoms with Crippen molar-refractivity contribution in [2.45, 2.75) is 17.7 Å². The number of anilines is 2. The minimum Gasteiger partial charge on any atom is -0.396 e. The van der Waals surface area contributed by atoms with E-state index in [9.17, 15) is 4.79 Å². The van der Waals surface area contributed by atoms with Crippen molar-refractivity contribution in [2.24, 2.45) is 0 Å². The SMILES string of the molecule is Cl.O=C(c1ccc(Nc2nccc(-c3ccc(SCCCCO)cc3)n2)cc1)N1CCNCC1. The van der Waals surface area contributed by atoms with E-state index >= 15 is 0 Å². The van der Waals surface area contributed by atoms with Gasteiger partial charge in [-0.05, 0) is 61.1 Å². The minimum absolute atomic E-state index is 0. The van der Waals surface area contributed by atoms with Gasteiger partial charge in [0.15, 0.2) is 0 Å². The summed E-state index contributed by atoms with van der Waals surface area (Å²) in [4.78, 5) is 24.7. The molecule has 0 spiro atoms. The second kappa shape index (κ2) is 13.3. The molecule has 0 unspecified atom stereocenters. The van der Waals surface area contributed by atoms with Gasteiger partial charge in [0.25, 0.3) is 5.91 Å². The highest BCUT2D eigenvalue weighted by Gasteiger charge is 2.17. The average molecular weight is 500 g/mol. The average Bonchev–Trinajstić information content (AvgIpc) is 2.88. The summed E-state index contributed by atoms with van der Waals surface area (Å²) in [6, 6.07) is 17.7. The highest BCUT2D eigenvalue weighted by atomic mass is 35.5. The molecule has 180 valence electrons. The number of nitrogens with one attached hydrogen (secondary N) is 2. The van der Waals surface area contributed by atoms with Crippen LogP contribution in [0.3, 0.4) is 0 Å². The lowest BCUT2D eigenvalue weighted by atomic mass is 10.1. The number of aromatic nitrogens is 2. The van der Waals surface area contributed by atoms with E-state index in [-0.39, 0.29) is 24.9 Å². The molecule has 7 nitrogen and oxygen atoms in total. The molecule has 1 fully saturated rings. The predicted molar refractivity (Wildman–Crippen MR) is 140 cm³/mol. The first kappa shape index (κ1) is 26.0. The fourth-order valence-electron chi connectivity index (χ4n) is 3.58. The Balaban J connectivity index is 0.00000324. The molecule has 0 saturated carbocycles. The van der Waals surface area contributed by atoms with Crippen LogP contribution >= 0.6 is 24.2 Å². The number of carbonyl (C=O) groups is 1. The normalized spacial score (nSPS) is 13.3. The highest BCUT2D eigenvalue weighted by molar-refractivity contribution is 7.99. The number of carbonyl (C=O) groups excluding carboxylic acids is 1. The van der Waals surface area contributed by atoms with Gasteiger partial charge in [0.05, 0.1) is 5.69 Å². The van der Waals surface area contributed by atoms with Crippen LogP contribution in [0, 0.1) is 0 Å². The third-order valence-electron chi connectivity index (χ3n) is 5.42. The Kier molecular flexibility index (Phi) is 10.2. The van der Waals surface area contributed by atoms with Crippen molar-refractivity contribution >= 4 is 41.7 Å². The number of amides is 1. The Morgan fingerprint density at radius 3 is 2.47 bits per heavy atom. The fourth-order valence-corrected chi connectivity index (χ4v) is 4.49. The van der Waals surface area contributed by atoms with Crippen molar-refractivity contribution in [3.05, 3.63) is 66.4 Å². The summed E-state index contributed by atoms with van der Waals surface area (Å²) in [7, 11) is 0. The van der Waals surface area contributed by atoms with E-state index in [0.717, 1.165) is 61.7 Å². The van der Waals surface area contributed by atoms with Crippen molar-refractivity contribution in [2.75, 3.05) is 43.9 Å². The van der Waals surface area contributed by atoms with Gasteiger partial charge in [-0.25, -0.2) is 9.97 Å². The summed E-state index contributed by atoms with van der Waals surface area (Å²) in [6.45, 7) is 3.41. The molecule has 34 heavy (non-hydrogen) atoms. The number of aliphatic hydroxyl groups excluding tert-OH is 1. The van der Waals surface area contributed by atoms with Crippen LogP contribution in [0.5, 0.6) is 0 Å². The van der Waals surface area contributed by atoms with Crippen LogP contribution in [0.2, 0.25) is 0 Å². The molecule has 1 saturated heterocycles. The van der Waals surface area contributed by atoms with Gasteiger partial charge in [-0.1, -0.05) is 12.1 Å². The summed E-state index contributed by atoms with van der Waals surface area (Å²) in [5, 5.41) is 15.4. The Hall–Kier alpha value is -2.65. The van der Waals surface area contributed by atoms with Crippen molar-refractivity contribution in [1.29, 1.82) is 0 Å². The van der Waals surface area contributed by atoms with E-state index in [0.29, 0.717) is 11.5 Å². The van der Waals surface area contributed by atoms with Gasteiger partial charge >= 0.3 is 0 Å². The molecule has 0 atom stereocenters. The van der Waals surface area contributed by atoms with Gasteiger partial charge in [-0.15, -0.1) is 24.2 Å². The van der Waals surface area contributed by atoms with E-state index in [1.54, 1.807) is 18.0 Å². The van der Waals surface area contributed by atoms with Crippen LogP contribution in [-0.4, -0.2) is 64.4 Å². The first-order valence-electron chi connectivity index (χ1n) is 11.3. The molecular formula is C25H30ClN5O2S. The maximum atomic E-state index is 12.6. The predicted octanol–water partition coefficient (Wildman–Crippen LogP) is 4.22. The smallest absolute Gasteiger partial charge is 0.253 e. The van der Waals surface area contributed by atoms with E-state index in [1.807, 2.05) is 35.2 Å². The molecule has 1 aliphatic rings. The third-order valence-corrected chi connectivity index (χ3v) is 6.52. The third kappa shape index (κ3) is 7.17. The number of halogens is 1. The van der Waals surface area contributed by atoms with Gasteiger partial charge in [-0.3, -0.25) is 4.79 Å². The Morgan fingerprint density at radius 2 is 1.76 bits per heavy atom. The maximum absolute atomic E-state index is 12.6. The fraction of sp³-hybridized carbons (Fsp3) is 0.320. The second-order valence-corrected chi connectivity index (χ2v) is 8.98. The number of aliphatic hydroxyl groups is 1. The summed E-state index contributed by atoms with van der Waals surface area (Å²) in [6.07, 6.45) is 3.59. The number of thioether (sulfide) groups is 1. The number of rotatable bonds is 9. The number of unbranched alkanes of at least 4 members (excludes halogenated alkanes) is 1. The van der Waals surface area contributed by atoms with Crippen molar-refractivity contribution in [1.82, 2.24) is 20.2 Å². The quantitative estimate of drug-likeness (QED) is 0.300. The van der Waals surface area contributed by atoms with Crippen LogP contribution in [0.15, 0.2) is 65.7 Å². The number of hydrogen-bond donors (Lipinski definition) is 3. The van der Waals surface area contributed by atoms with Crippen LogP contribution < -0.4 is 10.6 Å². The van der Waals surface area contributed by atoms with Crippen LogP contribution in [0.4, 0.5) is 11.6 Å². The Labute approximate surface area is 210 Å². The van der Waals surface area contributed by atoms with E-state index < -0.39 is 0 Å². The van der Waals surface area contributed by atoms with Crippen LogP contribution in [-0.2, 0) is 0 Å². The van der Waals surface area contributed by atoms with Gasteiger partial charge in [0.2, 0.25) is 5.95 Å². The second-order valence-electron chi connectivity index (χ2n) is 7.81. The zero-order valence-corrected chi connectivity index (χ0v) is 20.6. The first-order valence-corrected chi connectivity index (χ1v) is 12.3. The van der Waals surface area contributed by atoms with Crippen molar-refractivity contribution < 1.29 is 9.90 Å². The van der Waals surface area contributed by atoms with E-state index in [2.05, 4.69) is 44.9 Å². The molecule has 2 aromatic carbocycles. The summed E-state index contributed by atoms with van der Waals surface area (Å²) < 4.78 is 0. The maximum Gasteiger partial charge on any atom is 0.253 e. The van der Waals surface area contributed by atoms with Gasteiger partial charge < -0.3 is 20.6 Å². The summed E-state index contributed by atoms with van der Waals surface area (Å²) >= 11 is 1.79. The lowest BCUT2D eigenvalue weighted by Gasteiger charge is -2.27. The van der Waals surface area contributed by atoms with Crippen LogP contribution in [0.25, 0.3) is 11.3 Å².